The first kappa shape index (κ1) is 15.7. The molecular weight excluding hydrogens is 384 g/mol. The Labute approximate surface area is 145 Å². The van der Waals surface area contributed by atoms with Crippen molar-refractivity contribution in [3.63, 3.8) is 0 Å². The summed E-state index contributed by atoms with van der Waals surface area (Å²) in [4.78, 5) is 16.2. The summed E-state index contributed by atoms with van der Waals surface area (Å²) >= 11 is 9.14. The van der Waals surface area contributed by atoms with Crippen molar-refractivity contribution >= 4 is 39.4 Å². The van der Waals surface area contributed by atoms with Gasteiger partial charge in [0.1, 0.15) is 6.33 Å². The van der Waals surface area contributed by atoms with E-state index in [1.54, 1.807) is 28.9 Å². The fourth-order valence-electron chi connectivity index (χ4n) is 1.98. The number of amides is 1. The quantitative estimate of drug-likeness (QED) is 0.737. The predicted octanol–water partition coefficient (Wildman–Crippen LogP) is 2.73. The lowest BCUT2D eigenvalue weighted by Crippen LogP contribution is -2.15. The minimum Gasteiger partial charge on any atom is -0.288 e. The van der Waals surface area contributed by atoms with E-state index in [-0.39, 0.29) is 17.5 Å². The van der Waals surface area contributed by atoms with Crippen molar-refractivity contribution in [1.82, 2.24) is 24.5 Å². The molecular formula is C14H12BrClN6O. The normalized spacial score (nSPS) is 10.7. The number of aromatic nitrogens is 5. The smallest absolute Gasteiger partial charge is 0.279 e. The molecule has 0 saturated carbocycles. The fourth-order valence-corrected chi connectivity index (χ4v) is 2.66. The van der Waals surface area contributed by atoms with Gasteiger partial charge in [-0.3, -0.25) is 14.8 Å². The molecule has 0 spiro atoms. The van der Waals surface area contributed by atoms with Crippen LogP contribution in [0.2, 0.25) is 5.02 Å². The second-order valence-electron chi connectivity index (χ2n) is 4.85. The van der Waals surface area contributed by atoms with Crippen LogP contribution in [0, 0.1) is 0 Å². The maximum Gasteiger partial charge on any atom is 0.279 e. The summed E-state index contributed by atoms with van der Waals surface area (Å²) in [7, 11) is 1.74. The molecule has 7 nitrogen and oxygen atoms in total. The number of nitrogens with zero attached hydrogens (tertiary/aromatic N) is 5. The number of benzene rings is 1. The Kier molecular flexibility index (Phi) is 4.44. The first-order valence-electron chi connectivity index (χ1n) is 6.65. The lowest BCUT2D eigenvalue weighted by atomic mass is 10.2. The largest absolute Gasteiger partial charge is 0.288 e. The van der Waals surface area contributed by atoms with Crippen molar-refractivity contribution in [2.75, 3.05) is 5.32 Å². The highest BCUT2D eigenvalue weighted by atomic mass is 79.9. The standard InChI is InChI=1S/C14H12BrClN6O/c1-21-7-11(15)12(19-21)13(23)18-14-17-8-22(20-14)6-9-2-4-10(16)5-3-9/h2-5,7-8H,6H2,1H3,(H,18,20,23). The van der Waals surface area contributed by atoms with E-state index in [0.717, 1.165) is 5.56 Å². The van der Waals surface area contributed by atoms with Crippen molar-refractivity contribution in [2.45, 2.75) is 6.54 Å². The van der Waals surface area contributed by atoms with E-state index < -0.39 is 0 Å². The molecule has 3 aromatic rings. The second-order valence-corrected chi connectivity index (χ2v) is 6.14. The van der Waals surface area contributed by atoms with Crippen molar-refractivity contribution in [1.29, 1.82) is 0 Å². The number of hydrogen-bond acceptors (Lipinski definition) is 4. The number of halogens is 2. The molecule has 0 aliphatic carbocycles. The highest BCUT2D eigenvalue weighted by Gasteiger charge is 2.16. The van der Waals surface area contributed by atoms with Crippen LogP contribution in [0.4, 0.5) is 5.95 Å². The van der Waals surface area contributed by atoms with Crippen molar-refractivity contribution in [3.05, 3.63) is 57.5 Å². The van der Waals surface area contributed by atoms with E-state index in [4.69, 9.17) is 11.6 Å². The van der Waals surface area contributed by atoms with E-state index in [2.05, 4.69) is 36.4 Å². The Morgan fingerprint density at radius 2 is 2.04 bits per heavy atom. The predicted molar refractivity (Wildman–Crippen MR) is 89.4 cm³/mol. The maximum absolute atomic E-state index is 12.1. The van der Waals surface area contributed by atoms with Crippen molar-refractivity contribution < 1.29 is 4.79 Å². The highest BCUT2D eigenvalue weighted by molar-refractivity contribution is 9.10. The average molecular weight is 396 g/mol. The highest BCUT2D eigenvalue weighted by Crippen LogP contribution is 2.15. The van der Waals surface area contributed by atoms with Crippen molar-refractivity contribution in [2.24, 2.45) is 7.05 Å². The molecule has 1 aromatic carbocycles. The third-order valence-corrected chi connectivity index (χ3v) is 3.85. The van der Waals surface area contributed by atoms with Gasteiger partial charge in [0.15, 0.2) is 5.69 Å². The molecule has 0 radical (unpaired) electrons. The first-order chi connectivity index (χ1) is 11.0. The van der Waals surface area contributed by atoms with Gasteiger partial charge in [-0.05, 0) is 33.6 Å². The molecule has 2 heterocycles. The number of anilines is 1. The number of carbonyl (C=O) groups is 1. The lowest BCUT2D eigenvalue weighted by Gasteiger charge is -2.01. The molecule has 0 saturated heterocycles. The molecule has 9 heteroatoms. The SMILES string of the molecule is Cn1cc(Br)c(C(=O)Nc2ncn(Cc3ccc(Cl)cc3)n2)n1. The third-order valence-electron chi connectivity index (χ3n) is 3.02. The topological polar surface area (TPSA) is 77.6 Å². The molecule has 0 fully saturated rings. The Bertz CT molecular complexity index is 841. The van der Waals surface area contributed by atoms with Gasteiger partial charge in [0.2, 0.25) is 5.95 Å². The summed E-state index contributed by atoms with van der Waals surface area (Å²) in [5.74, 6) is -0.150. The molecule has 0 unspecified atom stereocenters. The molecule has 3 rings (SSSR count). The zero-order valence-electron chi connectivity index (χ0n) is 12.1. The average Bonchev–Trinajstić information content (AvgIpc) is 3.07. The van der Waals surface area contributed by atoms with E-state index in [0.29, 0.717) is 16.0 Å². The molecule has 2 aromatic heterocycles. The Morgan fingerprint density at radius 1 is 1.30 bits per heavy atom. The summed E-state index contributed by atoms with van der Waals surface area (Å²) in [6.45, 7) is 0.535. The number of aryl methyl sites for hydroxylation is 1. The summed E-state index contributed by atoms with van der Waals surface area (Å²) < 4.78 is 3.79. The zero-order chi connectivity index (χ0) is 16.4. The summed E-state index contributed by atoms with van der Waals surface area (Å²) in [5, 5.41) is 11.6. The number of rotatable bonds is 4. The van der Waals surface area contributed by atoms with Crippen LogP contribution in [0.1, 0.15) is 16.1 Å². The van der Waals surface area contributed by atoms with Gasteiger partial charge < -0.3 is 0 Å². The number of nitrogens with one attached hydrogen (secondary N) is 1. The van der Waals surface area contributed by atoms with Gasteiger partial charge in [0.05, 0.1) is 11.0 Å². The van der Waals surface area contributed by atoms with Gasteiger partial charge in [-0.1, -0.05) is 23.7 Å². The molecule has 23 heavy (non-hydrogen) atoms. The first-order valence-corrected chi connectivity index (χ1v) is 7.83. The summed E-state index contributed by atoms with van der Waals surface area (Å²) in [5.41, 5.74) is 1.31. The van der Waals surface area contributed by atoms with Gasteiger partial charge in [-0.15, -0.1) is 5.10 Å². The molecule has 0 atom stereocenters. The Hall–Kier alpha value is -2.19. The molecule has 0 aliphatic heterocycles. The van der Waals surface area contributed by atoms with E-state index in [9.17, 15) is 4.79 Å². The molecule has 0 aliphatic rings. The zero-order valence-corrected chi connectivity index (χ0v) is 14.4. The van der Waals surface area contributed by atoms with Crippen LogP contribution >= 0.6 is 27.5 Å². The number of carbonyl (C=O) groups excluding carboxylic acids is 1. The molecule has 0 bridgehead atoms. The Balaban J connectivity index is 1.68. The van der Waals surface area contributed by atoms with Crippen LogP contribution in [0.3, 0.4) is 0 Å². The van der Waals surface area contributed by atoms with E-state index >= 15 is 0 Å². The monoisotopic (exact) mass is 394 g/mol. The van der Waals surface area contributed by atoms with Crippen molar-refractivity contribution in [3.8, 4) is 0 Å². The van der Waals surface area contributed by atoms with Gasteiger partial charge in [-0.25, -0.2) is 9.67 Å². The second kappa shape index (κ2) is 6.51. The van der Waals surface area contributed by atoms with E-state index in [1.807, 2.05) is 24.3 Å². The minimum absolute atomic E-state index is 0.224. The van der Waals surface area contributed by atoms with Gasteiger partial charge >= 0.3 is 0 Å². The van der Waals surface area contributed by atoms with Gasteiger partial charge in [0.25, 0.3) is 5.91 Å². The molecule has 1 N–H and O–H groups in total. The molecule has 118 valence electrons. The van der Waals surface area contributed by atoms with Gasteiger partial charge in [0, 0.05) is 18.3 Å². The third kappa shape index (κ3) is 3.77. The van der Waals surface area contributed by atoms with Crippen LogP contribution in [-0.4, -0.2) is 30.5 Å². The number of hydrogen-bond donors (Lipinski definition) is 1. The minimum atomic E-state index is -0.373. The molecule has 1 amide bonds. The lowest BCUT2D eigenvalue weighted by molar-refractivity contribution is 0.102. The van der Waals surface area contributed by atoms with Crippen LogP contribution in [0.15, 0.2) is 41.3 Å². The van der Waals surface area contributed by atoms with Crippen LogP contribution in [0.25, 0.3) is 0 Å². The summed E-state index contributed by atoms with van der Waals surface area (Å²) in [6.07, 6.45) is 3.25. The van der Waals surface area contributed by atoms with Gasteiger partial charge in [-0.2, -0.15) is 5.10 Å². The Morgan fingerprint density at radius 3 is 2.70 bits per heavy atom. The fraction of sp³-hybridized carbons (Fsp3) is 0.143. The van der Waals surface area contributed by atoms with Crippen LogP contribution in [0.5, 0.6) is 0 Å². The van der Waals surface area contributed by atoms with E-state index in [1.165, 1.54) is 0 Å². The summed E-state index contributed by atoms with van der Waals surface area (Å²) in [6, 6.07) is 7.45. The van der Waals surface area contributed by atoms with Crippen LogP contribution < -0.4 is 5.32 Å². The maximum atomic E-state index is 12.1. The van der Waals surface area contributed by atoms with Crippen LogP contribution in [-0.2, 0) is 13.6 Å².